The smallest absolute Gasteiger partial charge is 1.00 e. The Morgan fingerprint density at radius 1 is 1.10 bits per heavy atom. The van der Waals surface area contributed by atoms with Crippen LogP contribution in [-0.4, -0.2) is 17.1 Å². The molecular weight excluding hydrogens is 132 g/mol. The SMILES string of the molecule is CC(C)N([O-])C(C)C.[H-].[Li+].[Na+]. The molecule has 0 aromatic heterocycles. The Kier molecular flexibility index (Phi) is 15.1. The van der Waals surface area contributed by atoms with Crippen molar-refractivity contribution in [1.82, 2.24) is 5.06 Å². The summed E-state index contributed by atoms with van der Waals surface area (Å²) in [6.45, 7) is 7.58. The van der Waals surface area contributed by atoms with Gasteiger partial charge in [-0.15, -0.1) is 0 Å². The third kappa shape index (κ3) is 7.62. The molecule has 2 nitrogen and oxygen atoms in total. The fourth-order valence-electron chi connectivity index (χ4n) is 0.596. The van der Waals surface area contributed by atoms with Gasteiger partial charge in [0, 0.05) is 0 Å². The summed E-state index contributed by atoms with van der Waals surface area (Å²) < 4.78 is 0. The van der Waals surface area contributed by atoms with Crippen molar-refractivity contribution < 1.29 is 49.8 Å². The molecule has 0 aromatic rings. The summed E-state index contributed by atoms with van der Waals surface area (Å²) >= 11 is 0. The van der Waals surface area contributed by atoms with Crippen LogP contribution in [0.25, 0.3) is 0 Å². The van der Waals surface area contributed by atoms with E-state index >= 15 is 0 Å². The van der Waals surface area contributed by atoms with Crippen LogP contribution in [0.15, 0.2) is 0 Å². The van der Waals surface area contributed by atoms with Gasteiger partial charge in [-0.25, -0.2) is 0 Å². The first-order valence-corrected chi connectivity index (χ1v) is 3.01. The van der Waals surface area contributed by atoms with Gasteiger partial charge in [-0.05, 0) is 12.1 Å². The summed E-state index contributed by atoms with van der Waals surface area (Å²) in [7, 11) is 0. The van der Waals surface area contributed by atoms with E-state index in [9.17, 15) is 5.21 Å². The summed E-state index contributed by atoms with van der Waals surface area (Å²) in [5.41, 5.74) is 0. The first-order valence-electron chi connectivity index (χ1n) is 3.01. The summed E-state index contributed by atoms with van der Waals surface area (Å²) in [5.74, 6) is 0. The molecule has 0 N–H and O–H groups in total. The van der Waals surface area contributed by atoms with Crippen molar-refractivity contribution in [3.63, 3.8) is 0 Å². The zero-order valence-electron chi connectivity index (χ0n) is 9.01. The van der Waals surface area contributed by atoms with Gasteiger partial charge in [0.1, 0.15) is 0 Å². The molecule has 0 spiro atoms. The topological polar surface area (TPSA) is 26.3 Å². The van der Waals surface area contributed by atoms with Crippen molar-refractivity contribution >= 4 is 0 Å². The van der Waals surface area contributed by atoms with E-state index in [0.717, 1.165) is 5.06 Å². The van der Waals surface area contributed by atoms with Gasteiger partial charge < -0.3 is 11.7 Å². The molecular formula is C6H15LiNNaO. The maximum atomic E-state index is 10.8. The summed E-state index contributed by atoms with van der Waals surface area (Å²) in [5, 5.41) is 11.8. The third-order valence-electron chi connectivity index (χ3n) is 1.02. The van der Waals surface area contributed by atoms with E-state index in [-0.39, 0.29) is 61.9 Å². The molecule has 4 heteroatoms. The van der Waals surface area contributed by atoms with Crippen LogP contribution in [0.4, 0.5) is 0 Å². The van der Waals surface area contributed by atoms with E-state index in [1.165, 1.54) is 0 Å². The van der Waals surface area contributed by atoms with E-state index in [1.54, 1.807) is 0 Å². The average molecular weight is 147 g/mol. The second-order valence-corrected chi connectivity index (χ2v) is 2.55. The van der Waals surface area contributed by atoms with Crippen LogP contribution in [-0.2, 0) is 0 Å². The molecule has 0 unspecified atom stereocenters. The van der Waals surface area contributed by atoms with Crippen LogP contribution in [0.5, 0.6) is 0 Å². The van der Waals surface area contributed by atoms with Crippen molar-refractivity contribution in [2.24, 2.45) is 0 Å². The monoisotopic (exact) mass is 147 g/mol. The van der Waals surface area contributed by atoms with E-state index in [4.69, 9.17) is 0 Å². The second kappa shape index (κ2) is 8.61. The average Bonchev–Trinajstić information content (AvgIpc) is 1.64. The van der Waals surface area contributed by atoms with Crippen LogP contribution in [0.2, 0.25) is 0 Å². The Morgan fingerprint density at radius 2 is 1.30 bits per heavy atom. The molecule has 0 rings (SSSR count). The Hall–Kier alpha value is 1.52. The van der Waals surface area contributed by atoms with Crippen LogP contribution < -0.4 is 48.4 Å². The fraction of sp³-hybridized carbons (Fsp3) is 1.00. The normalized spacial score (nSPS) is 9.60. The number of hydroxylamine groups is 2. The Bertz CT molecular complexity index is 67.6. The second-order valence-electron chi connectivity index (χ2n) is 2.55. The van der Waals surface area contributed by atoms with Gasteiger partial charge in [-0.1, -0.05) is 27.7 Å². The maximum absolute atomic E-state index is 10.8. The molecule has 0 amide bonds. The Morgan fingerprint density at radius 3 is 1.30 bits per heavy atom. The molecule has 0 saturated heterocycles. The van der Waals surface area contributed by atoms with E-state index < -0.39 is 0 Å². The van der Waals surface area contributed by atoms with Gasteiger partial charge >= 0.3 is 48.4 Å². The zero-order valence-corrected chi connectivity index (χ0v) is 10.0. The van der Waals surface area contributed by atoms with Gasteiger partial charge in [-0.2, -0.15) is 0 Å². The molecule has 0 aliphatic heterocycles. The molecule has 0 aliphatic carbocycles. The van der Waals surface area contributed by atoms with Gasteiger partial charge in [0.25, 0.3) is 0 Å². The van der Waals surface area contributed by atoms with Gasteiger partial charge in [0.2, 0.25) is 0 Å². The largest absolute Gasteiger partial charge is 1.00 e. The maximum Gasteiger partial charge on any atom is 1.00 e. The minimum atomic E-state index is 0. The van der Waals surface area contributed by atoms with E-state index in [2.05, 4.69) is 0 Å². The number of hydrogen-bond donors (Lipinski definition) is 0. The number of rotatable bonds is 2. The summed E-state index contributed by atoms with van der Waals surface area (Å²) in [4.78, 5) is 0. The van der Waals surface area contributed by atoms with Crippen molar-refractivity contribution in [3.05, 3.63) is 5.21 Å². The first-order chi connectivity index (χ1) is 3.55. The van der Waals surface area contributed by atoms with E-state index in [0.29, 0.717) is 0 Å². The van der Waals surface area contributed by atoms with Crippen LogP contribution in [0, 0.1) is 5.21 Å². The molecule has 0 heterocycles. The first kappa shape index (κ1) is 17.6. The molecule has 0 aliphatic rings. The van der Waals surface area contributed by atoms with Gasteiger partial charge in [0.05, 0.1) is 0 Å². The molecule has 0 saturated carbocycles. The minimum absolute atomic E-state index is 0. The molecule has 10 heavy (non-hydrogen) atoms. The zero-order chi connectivity index (χ0) is 6.73. The Labute approximate surface area is 99.3 Å². The fourth-order valence-corrected chi connectivity index (χ4v) is 0.596. The van der Waals surface area contributed by atoms with Crippen molar-refractivity contribution in [2.75, 3.05) is 0 Å². The summed E-state index contributed by atoms with van der Waals surface area (Å²) in [6.07, 6.45) is 0. The Balaban J connectivity index is -0.0000000817. The number of hydrogen-bond acceptors (Lipinski definition) is 2. The molecule has 0 atom stereocenters. The molecule has 0 bridgehead atoms. The van der Waals surface area contributed by atoms with Crippen molar-refractivity contribution in [3.8, 4) is 0 Å². The predicted molar refractivity (Wildman–Crippen MR) is 36.6 cm³/mol. The molecule has 0 aromatic carbocycles. The summed E-state index contributed by atoms with van der Waals surface area (Å²) in [6, 6.07) is 0.241. The van der Waals surface area contributed by atoms with Crippen molar-refractivity contribution in [1.29, 1.82) is 0 Å². The third-order valence-corrected chi connectivity index (χ3v) is 1.02. The standard InChI is InChI=1S/C6H14NO.Li.Na.H/c1-5(2)7(8)6(3)4;;;/h5-6H,1-4H3;;;/q-1;2*+1;-1. The van der Waals surface area contributed by atoms with Crippen molar-refractivity contribution in [2.45, 2.75) is 39.8 Å². The van der Waals surface area contributed by atoms with Gasteiger partial charge in [0.15, 0.2) is 0 Å². The van der Waals surface area contributed by atoms with Crippen LogP contribution in [0.1, 0.15) is 29.1 Å². The van der Waals surface area contributed by atoms with Crippen LogP contribution in [0.3, 0.4) is 0 Å². The van der Waals surface area contributed by atoms with Gasteiger partial charge in [-0.3, -0.25) is 0 Å². The molecule has 0 fully saturated rings. The minimum Gasteiger partial charge on any atom is -1.00 e. The molecule has 52 valence electrons. The van der Waals surface area contributed by atoms with E-state index in [1.807, 2.05) is 27.7 Å². The molecule has 0 radical (unpaired) electrons. The quantitative estimate of drug-likeness (QED) is 0.292. The predicted octanol–water partition coefficient (Wildman–Crippen LogP) is -4.28. The number of nitrogens with zero attached hydrogens (tertiary/aromatic N) is 1. The van der Waals surface area contributed by atoms with Crippen LogP contribution >= 0.6 is 0 Å².